The number of amides is 2. The highest BCUT2D eigenvalue weighted by Gasteiger charge is 2.20. The molecule has 8 nitrogen and oxygen atoms in total. The van der Waals surface area contributed by atoms with Gasteiger partial charge in [-0.15, -0.1) is 0 Å². The molecule has 3 N–H and O–H groups in total. The van der Waals surface area contributed by atoms with Crippen LogP contribution in [0.5, 0.6) is 0 Å². The summed E-state index contributed by atoms with van der Waals surface area (Å²) in [6.45, 7) is 3.51. The Hall–Kier alpha value is -2.48. The van der Waals surface area contributed by atoms with E-state index in [1.54, 1.807) is 18.2 Å². The zero-order valence-electron chi connectivity index (χ0n) is 13.5. The van der Waals surface area contributed by atoms with Crippen LogP contribution in [0.1, 0.15) is 19.4 Å². The molecule has 0 saturated carbocycles. The molecule has 0 bridgehead atoms. The van der Waals surface area contributed by atoms with Crippen LogP contribution in [-0.2, 0) is 16.1 Å². The van der Waals surface area contributed by atoms with Crippen molar-refractivity contribution in [2.24, 2.45) is 11.7 Å². The third kappa shape index (κ3) is 5.33. The van der Waals surface area contributed by atoms with Gasteiger partial charge in [0.15, 0.2) is 0 Å². The molecule has 1 rings (SSSR count). The van der Waals surface area contributed by atoms with E-state index in [0.29, 0.717) is 5.56 Å². The summed E-state index contributed by atoms with van der Waals surface area (Å²) >= 11 is 0. The van der Waals surface area contributed by atoms with E-state index in [-0.39, 0.29) is 30.6 Å². The van der Waals surface area contributed by atoms with Crippen LogP contribution in [0.2, 0.25) is 0 Å². The van der Waals surface area contributed by atoms with Gasteiger partial charge >= 0.3 is 0 Å². The van der Waals surface area contributed by atoms with Crippen LogP contribution in [0.15, 0.2) is 24.3 Å². The van der Waals surface area contributed by atoms with Crippen LogP contribution >= 0.6 is 0 Å². The first-order chi connectivity index (χ1) is 10.7. The van der Waals surface area contributed by atoms with Gasteiger partial charge in [-0.05, 0) is 5.92 Å². The smallest absolute Gasteiger partial charge is 0.274 e. The van der Waals surface area contributed by atoms with Crippen LogP contribution < -0.4 is 11.1 Å². The summed E-state index contributed by atoms with van der Waals surface area (Å²) in [4.78, 5) is 35.5. The van der Waals surface area contributed by atoms with Crippen molar-refractivity contribution < 1.29 is 14.5 Å². The molecular weight excluding hydrogens is 300 g/mol. The van der Waals surface area contributed by atoms with Gasteiger partial charge in [-0.2, -0.15) is 0 Å². The number of hydrogen-bond acceptors (Lipinski definition) is 5. The number of nitrogens with one attached hydrogen (secondary N) is 1. The van der Waals surface area contributed by atoms with Crippen LogP contribution in [0, 0.1) is 16.0 Å². The number of hydrogen-bond donors (Lipinski definition) is 2. The predicted octanol–water partition coefficient (Wildman–Crippen LogP) is 0.653. The number of carbonyl (C=O) groups is 2. The summed E-state index contributed by atoms with van der Waals surface area (Å²) in [5.41, 5.74) is 6.07. The highest BCUT2D eigenvalue weighted by molar-refractivity contribution is 5.87. The largest absolute Gasteiger partial charge is 0.346 e. The Balaban J connectivity index is 2.62. The van der Waals surface area contributed by atoms with Gasteiger partial charge in [0.1, 0.15) is 0 Å². The molecule has 8 heteroatoms. The molecule has 23 heavy (non-hydrogen) atoms. The Kier molecular flexibility index (Phi) is 6.65. The first-order valence-electron chi connectivity index (χ1n) is 7.23. The van der Waals surface area contributed by atoms with Crippen molar-refractivity contribution in [1.29, 1.82) is 0 Å². The molecule has 126 valence electrons. The quantitative estimate of drug-likeness (QED) is 0.564. The van der Waals surface area contributed by atoms with Crippen molar-refractivity contribution in [2.75, 3.05) is 13.6 Å². The van der Waals surface area contributed by atoms with E-state index in [1.165, 1.54) is 18.0 Å². The highest BCUT2D eigenvalue weighted by atomic mass is 16.6. The highest BCUT2D eigenvalue weighted by Crippen LogP contribution is 2.18. The lowest BCUT2D eigenvalue weighted by Crippen LogP contribution is -2.47. The number of nitro benzene ring substituents is 1. The van der Waals surface area contributed by atoms with Gasteiger partial charge in [0.05, 0.1) is 24.1 Å². The van der Waals surface area contributed by atoms with Crippen molar-refractivity contribution in [3.63, 3.8) is 0 Å². The van der Waals surface area contributed by atoms with Crippen LogP contribution in [0.3, 0.4) is 0 Å². The third-order valence-electron chi connectivity index (χ3n) is 3.46. The molecule has 0 fully saturated rings. The van der Waals surface area contributed by atoms with E-state index >= 15 is 0 Å². The van der Waals surface area contributed by atoms with Gasteiger partial charge in [0.25, 0.3) is 5.69 Å². The van der Waals surface area contributed by atoms with E-state index < -0.39 is 16.9 Å². The fraction of sp³-hybridized carbons (Fsp3) is 0.467. The second-order valence-electron chi connectivity index (χ2n) is 5.62. The number of nitrogens with two attached hydrogens (primary N) is 1. The number of para-hydroxylation sites is 1. The van der Waals surface area contributed by atoms with Gasteiger partial charge in [-0.3, -0.25) is 19.7 Å². The molecule has 0 radical (unpaired) electrons. The van der Waals surface area contributed by atoms with Crippen molar-refractivity contribution >= 4 is 17.5 Å². The fourth-order valence-electron chi connectivity index (χ4n) is 1.88. The minimum Gasteiger partial charge on any atom is -0.346 e. The lowest BCUT2D eigenvalue weighted by atomic mass is 10.1. The van der Waals surface area contributed by atoms with Crippen LogP contribution in [0.4, 0.5) is 5.69 Å². The SMILES string of the molecule is CC(C)[C@H](N)C(=O)NCC(=O)N(C)Cc1ccccc1[N+](=O)[O-]. The normalized spacial score (nSPS) is 11.9. The maximum atomic E-state index is 12.0. The summed E-state index contributed by atoms with van der Waals surface area (Å²) in [6, 6.07) is 5.54. The Labute approximate surface area is 134 Å². The van der Waals surface area contributed by atoms with E-state index in [0.717, 1.165) is 0 Å². The van der Waals surface area contributed by atoms with E-state index in [2.05, 4.69) is 5.32 Å². The summed E-state index contributed by atoms with van der Waals surface area (Å²) in [5.74, 6) is -0.783. The van der Waals surface area contributed by atoms with Crippen molar-refractivity contribution in [1.82, 2.24) is 10.2 Å². The second-order valence-corrected chi connectivity index (χ2v) is 5.62. The number of nitro groups is 1. The van der Waals surface area contributed by atoms with Crippen LogP contribution in [0.25, 0.3) is 0 Å². The fourth-order valence-corrected chi connectivity index (χ4v) is 1.88. The molecule has 0 spiro atoms. The molecular formula is C15H22N4O4. The molecule has 2 amide bonds. The first kappa shape index (κ1) is 18.6. The lowest BCUT2D eigenvalue weighted by Gasteiger charge is -2.19. The molecule has 0 aliphatic carbocycles. The van der Waals surface area contributed by atoms with Crippen molar-refractivity contribution in [2.45, 2.75) is 26.4 Å². The van der Waals surface area contributed by atoms with Gasteiger partial charge in [0.2, 0.25) is 11.8 Å². The molecule has 0 unspecified atom stereocenters. The number of rotatable bonds is 7. The monoisotopic (exact) mass is 322 g/mol. The minimum absolute atomic E-state index is 0.0326. The molecule has 1 atom stereocenters. The average Bonchev–Trinajstić information content (AvgIpc) is 2.51. The Morgan fingerprint density at radius 1 is 1.35 bits per heavy atom. The Morgan fingerprint density at radius 3 is 2.52 bits per heavy atom. The van der Waals surface area contributed by atoms with Crippen molar-refractivity contribution in [3.8, 4) is 0 Å². The van der Waals surface area contributed by atoms with E-state index in [1.807, 2.05) is 13.8 Å². The summed E-state index contributed by atoms with van der Waals surface area (Å²) in [5, 5.41) is 13.4. The Bertz CT molecular complexity index is 589. The van der Waals surface area contributed by atoms with Crippen molar-refractivity contribution in [3.05, 3.63) is 39.9 Å². The number of likely N-dealkylation sites (N-methyl/N-ethyl adjacent to an activating group) is 1. The Morgan fingerprint density at radius 2 is 1.96 bits per heavy atom. The van der Waals surface area contributed by atoms with Gasteiger partial charge in [-0.25, -0.2) is 0 Å². The standard InChI is InChI=1S/C15H22N4O4/c1-10(2)14(16)15(21)17-8-13(20)18(3)9-11-6-4-5-7-12(11)19(22)23/h4-7,10,14H,8-9,16H2,1-3H3,(H,17,21)/t14-/m0/s1. The zero-order valence-corrected chi connectivity index (χ0v) is 13.5. The average molecular weight is 322 g/mol. The molecule has 1 aromatic carbocycles. The third-order valence-corrected chi connectivity index (χ3v) is 3.46. The lowest BCUT2D eigenvalue weighted by molar-refractivity contribution is -0.385. The number of carbonyl (C=O) groups excluding carboxylic acids is 2. The maximum absolute atomic E-state index is 12.0. The number of benzene rings is 1. The molecule has 0 heterocycles. The summed E-state index contributed by atoms with van der Waals surface area (Å²) in [6.07, 6.45) is 0. The van der Waals surface area contributed by atoms with Gasteiger partial charge in [-0.1, -0.05) is 32.0 Å². The maximum Gasteiger partial charge on any atom is 0.274 e. The molecule has 0 aromatic heterocycles. The first-order valence-corrected chi connectivity index (χ1v) is 7.23. The summed E-state index contributed by atoms with van der Waals surface area (Å²) in [7, 11) is 1.52. The van der Waals surface area contributed by atoms with E-state index in [9.17, 15) is 19.7 Å². The van der Waals surface area contributed by atoms with Crippen LogP contribution in [-0.4, -0.2) is 41.3 Å². The van der Waals surface area contributed by atoms with E-state index in [4.69, 9.17) is 5.73 Å². The number of nitrogens with zero attached hydrogens (tertiary/aromatic N) is 2. The van der Waals surface area contributed by atoms with Gasteiger partial charge in [0, 0.05) is 18.7 Å². The molecule has 0 saturated heterocycles. The molecule has 0 aliphatic heterocycles. The topological polar surface area (TPSA) is 119 Å². The van der Waals surface area contributed by atoms with Gasteiger partial charge < -0.3 is 16.0 Å². The summed E-state index contributed by atoms with van der Waals surface area (Å²) < 4.78 is 0. The zero-order chi connectivity index (χ0) is 17.6. The predicted molar refractivity (Wildman–Crippen MR) is 85.4 cm³/mol. The molecule has 0 aliphatic rings. The molecule has 1 aromatic rings. The minimum atomic E-state index is -0.677. The second kappa shape index (κ2) is 8.23.